The molecular weight excluding hydrogens is 548 g/mol. The number of piperidine rings is 1. The minimum atomic E-state index is -4.72. The summed E-state index contributed by atoms with van der Waals surface area (Å²) in [5.74, 6) is 0.0490. The van der Waals surface area contributed by atoms with Crippen molar-refractivity contribution in [2.75, 3.05) is 31.2 Å². The van der Waals surface area contributed by atoms with E-state index in [0.29, 0.717) is 25.9 Å². The lowest BCUT2D eigenvalue weighted by molar-refractivity contribution is -0.138. The molecule has 2 fully saturated rings. The smallest absolute Gasteiger partial charge is 0.379 e. The van der Waals surface area contributed by atoms with Crippen molar-refractivity contribution < 1.29 is 35.9 Å². The van der Waals surface area contributed by atoms with Gasteiger partial charge in [-0.15, -0.1) is 0 Å². The SMILES string of the molecule is O=C(CCOCCn1cc(C(F)(F)F)c2c(=O)[nH]ncc21)N1CC[C@@H]2[C@H]1CCCN2c1ncc(C(F)(F)F)cn1. The number of aromatic amines is 1. The molecule has 0 aliphatic carbocycles. The van der Waals surface area contributed by atoms with E-state index in [-0.39, 0.29) is 55.6 Å². The summed E-state index contributed by atoms with van der Waals surface area (Å²) in [6.07, 6.45) is -3.60. The Morgan fingerprint density at radius 1 is 1.00 bits per heavy atom. The largest absolute Gasteiger partial charge is 0.419 e. The first-order valence-corrected chi connectivity index (χ1v) is 12.6. The van der Waals surface area contributed by atoms with Crippen LogP contribution in [0.15, 0.2) is 29.6 Å². The number of hydrogen-bond acceptors (Lipinski definition) is 7. The fourth-order valence-electron chi connectivity index (χ4n) is 5.48. The Hall–Kier alpha value is -3.69. The number of likely N-dealkylation sites (tertiary alicyclic amines) is 1. The fourth-order valence-corrected chi connectivity index (χ4v) is 5.48. The molecule has 0 bridgehead atoms. The van der Waals surface area contributed by atoms with Crippen molar-refractivity contribution in [1.82, 2.24) is 29.6 Å². The number of carbonyl (C=O) groups is 1. The molecule has 3 aromatic heterocycles. The van der Waals surface area contributed by atoms with Crippen LogP contribution in [0, 0.1) is 0 Å². The molecule has 0 radical (unpaired) electrons. The molecule has 2 aliphatic rings. The van der Waals surface area contributed by atoms with Crippen molar-refractivity contribution in [2.24, 2.45) is 0 Å². The molecule has 5 rings (SSSR count). The number of alkyl halides is 6. The van der Waals surface area contributed by atoms with Gasteiger partial charge >= 0.3 is 12.4 Å². The predicted molar refractivity (Wildman–Crippen MR) is 128 cm³/mol. The summed E-state index contributed by atoms with van der Waals surface area (Å²) in [4.78, 5) is 36.3. The number of fused-ring (bicyclic) bond motifs is 2. The van der Waals surface area contributed by atoms with Gasteiger partial charge < -0.3 is 19.1 Å². The van der Waals surface area contributed by atoms with Gasteiger partial charge in [0.15, 0.2) is 0 Å². The normalized spacial score (nSPS) is 19.9. The van der Waals surface area contributed by atoms with Crippen molar-refractivity contribution in [1.29, 1.82) is 0 Å². The fraction of sp³-hybridized carbons (Fsp3) is 0.542. The van der Waals surface area contributed by atoms with Crippen molar-refractivity contribution in [3.05, 3.63) is 46.3 Å². The molecule has 2 atom stereocenters. The van der Waals surface area contributed by atoms with Crippen LogP contribution in [0.5, 0.6) is 0 Å². The quantitative estimate of drug-likeness (QED) is 0.342. The molecule has 5 heterocycles. The number of amides is 1. The molecule has 0 saturated carbocycles. The zero-order chi connectivity index (χ0) is 28.7. The van der Waals surface area contributed by atoms with E-state index >= 15 is 0 Å². The maximum Gasteiger partial charge on any atom is 0.419 e. The molecular formula is C24H25F6N7O3. The van der Waals surface area contributed by atoms with Crippen molar-refractivity contribution in [2.45, 2.75) is 56.7 Å². The second-order valence-corrected chi connectivity index (χ2v) is 9.67. The van der Waals surface area contributed by atoms with Gasteiger partial charge in [0.25, 0.3) is 5.56 Å². The number of nitrogens with one attached hydrogen (secondary N) is 1. The van der Waals surface area contributed by atoms with Crippen molar-refractivity contribution in [3.8, 4) is 0 Å². The number of H-pyrrole nitrogens is 1. The molecule has 2 saturated heterocycles. The van der Waals surface area contributed by atoms with Gasteiger partial charge in [0, 0.05) is 38.2 Å². The first-order chi connectivity index (χ1) is 18.9. The maximum absolute atomic E-state index is 13.4. The van der Waals surface area contributed by atoms with E-state index < -0.39 is 34.4 Å². The third-order valence-electron chi connectivity index (χ3n) is 7.29. The van der Waals surface area contributed by atoms with Crippen LogP contribution in [0.3, 0.4) is 0 Å². The summed E-state index contributed by atoms with van der Waals surface area (Å²) in [5.41, 5.74) is -2.90. The first-order valence-electron chi connectivity index (χ1n) is 12.6. The molecule has 216 valence electrons. The van der Waals surface area contributed by atoms with Crippen LogP contribution >= 0.6 is 0 Å². The number of ether oxygens (including phenoxy) is 1. The second kappa shape index (κ2) is 10.7. The van der Waals surface area contributed by atoms with Crippen LogP contribution in [0.1, 0.15) is 36.8 Å². The number of rotatable bonds is 7. The number of anilines is 1. The van der Waals surface area contributed by atoms with E-state index in [2.05, 4.69) is 15.1 Å². The van der Waals surface area contributed by atoms with Gasteiger partial charge in [-0.25, -0.2) is 15.1 Å². The monoisotopic (exact) mass is 573 g/mol. The van der Waals surface area contributed by atoms with Gasteiger partial charge in [0.05, 0.1) is 59.9 Å². The molecule has 10 nitrogen and oxygen atoms in total. The Kier molecular flexibility index (Phi) is 7.46. The molecule has 1 amide bonds. The lowest BCUT2D eigenvalue weighted by Crippen LogP contribution is -2.51. The van der Waals surface area contributed by atoms with Crippen molar-refractivity contribution >= 4 is 22.8 Å². The third kappa shape index (κ3) is 5.48. The Morgan fingerprint density at radius 3 is 2.45 bits per heavy atom. The van der Waals surface area contributed by atoms with Crippen LogP contribution in [0.25, 0.3) is 10.9 Å². The number of aromatic nitrogens is 5. The number of nitrogens with zero attached hydrogens (tertiary/aromatic N) is 6. The summed E-state index contributed by atoms with van der Waals surface area (Å²) < 4.78 is 85.5. The summed E-state index contributed by atoms with van der Waals surface area (Å²) in [7, 11) is 0. The Labute approximate surface area is 222 Å². The zero-order valence-electron chi connectivity index (χ0n) is 21.0. The maximum atomic E-state index is 13.4. The van der Waals surface area contributed by atoms with Crippen LogP contribution < -0.4 is 10.5 Å². The highest BCUT2D eigenvalue weighted by Crippen LogP contribution is 2.35. The molecule has 0 unspecified atom stereocenters. The summed E-state index contributed by atoms with van der Waals surface area (Å²) in [6, 6.07) is -0.248. The number of carbonyl (C=O) groups excluding carboxylic acids is 1. The van der Waals surface area contributed by atoms with Gasteiger partial charge in [-0.2, -0.15) is 31.4 Å². The molecule has 0 spiro atoms. The molecule has 16 heteroatoms. The minimum Gasteiger partial charge on any atom is -0.379 e. The standard InChI is InChI=1S/C24H25F6N7O3/c25-23(26,27)14-10-31-22(32-11-14)37-5-1-2-16-17(37)3-6-36(16)19(38)4-8-40-9-7-35-13-15(24(28,29)30)20-18(35)12-33-34-21(20)39/h10-13,16-17H,1-9H2,(H,34,39)/t16-,17-/m1/s1. The van der Waals surface area contributed by atoms with Gasteiger partial charge in [0.2, 0.25) is 11.9 Å². The Balaban J connectivity index is 1.14. The lowest BCUT2D eigenvalue weighted by Gasteiger charge is -2.40. The van der Waals surface area contributed by atoms with Gasteiger partial charge in [-0.3, -0.25) is 9.59 Å². The highest BCUT2D eigenvalue weighted by Gasteiger charge is 2.43. The Bertz CT molecular complexity index is 1420. The average molecular weight is 573 g/mol. The Morgan fingerprint density at radius 2 is 1.75 bits per heavy atom. The molecule has 2 aliphatic heterocycles. The first kappa shape index (κ1) is 27.9. The van der Waals surface area contributed by atoms with E-state index in [1.165, 1.54) is 4.57 Å². The van der Waals surface area contributed by atoms with Crippen LogP contribution in [0.4, 0.5) is 32.3 Å². The second-order valence-electron chi connectivity index (χ2n) is 9.67. The van der Waals surface area contributed by atoms with Crippen LogP contribution in [-0.2, 0) is 28.4 Å². The van der Waals surface area contributed by atoms with Gasteiger partial charge in [-0.05, 0) is 19.3 Å². The van der Waals surface area contributed by atoms with Crippen LogP contribution in [0.2, 0.25) is 0 Å². The highest BCUT2D eigenvalue weighted by atomic mass is 19.4. The van der Waals surface area contributed by atoms with E-state index in [1.54, 1.807) is 4.90 Å². The van der Waals surface area contributed by atoms with Gasteiger partial charge in [-0.1, -0.05) is 0 Å². The minimum absolute atomic E-state index is 0.00620. The lowest BCUT2D eigenvalue weighted by atomic mass is 9.97. The topological polar surface area (TPSA) is 109 Å². The van der Waals surface area contributed by atoms with Crippen molar-refractivity contribution in [3.63, 3.8) is 0 Å². The molecule has 3 aromatic rings. The molecule has 0 aromatic carbocycles. The third-order valence-corrected chi connectivity index (χ3v) is 7.29. The predicted octanol–water partition coefficient (Wildman–Crippen LogP) is 3.23. The van der Waals surface area contributed by atoms with E-state index in [9.17, 15) is 35.9 Å². The van der Waals surface area contributed by atoms with Crippen LogP contribution in [-0.4, -0.2) is 73.9 Å². The summed E-state index contributed by atoms with van der Waals surface area (Å²) in [5, 5.41) is 5.09. The summed E-state index contributed by atoms with van der Waals surface area (Å²) in [6.45, 7) is 1.11. The average Bonchev–Trinajstić information content (AvgIpc) is 3.51. The number of hydrogen-bond donors (Lipinski definition) is 1. The van der Waals surface area contributed by atoms with E-state index in [1.807, 2.05) is 10.00 Å². The molecule has 1 N–H and O–H groups in total. The highest BCUT2D eigenvalue weighted by molar-refractivity contribution is 5.82. The van der Waals surface area contributed by atoms with Gasteiger partial charge in [0.1, 0.15) is 0 Å². The zero-order valence-corrected chi connectivity index (χ0v) is 21.0. The summed E-state index contributed by atoms with van der Waals surface area (Å²) >= 11 is 0. The molecule has 40 heavy (non-hydrogen) atoms. The number of halogens is 6. The van der Waals surface area contributed by atoms with E-state index in [4.69, 9.17) is 4.74 Å². The van der Waals surface area contributed by atoms with E-state index in [0.717, 1.165) is 31.2 Å².